The van der Waals surface area contributed by atoms with Gasteiger partial charge in [0.1, 0.15) is 0 Å². The highest BCUT2D eigenvalue weighted by atomic mass is 79.9. The van der Waals surface area contributed by atoms with Crippen LogP contribution in [0.1, 0.15) is 13.3 Å². The minimum absolute atomic E-state index is 0.0497. The van der Waals surface area contributed by atoms with Crippen LogP contribution >= 0.6 is 31.9 Å². The lowest BCUT2D eigenvalue weighted by Crippen LogP contribution is -2.13. The Morgan fingerprint density at radius 2 is 2.06 bits per heavy atom. The van der Waals surface area contributed by atoms with Gasteiger partial charge in [-0.05, 0) is 18.6 Å². The van der Waals surface area contributed by atoms with E-state index in [4.69, 9.17) is 4.74 Å². The maximum atomic E-state index is 13.3. The normalized spacial score (nSPS) is 12.6. The molecule has 0 aliphatic carbocycles. The van der Waals surface area contributed by atoms with Crippen LogP contribution in [0.5, 0.6) is 5.75 Å². The summed E-state index contributed by atoms with van der Waals surface area (Å²) >= 11 is 6.43. The van der Waals surface area contributed by atoms with Gasteiger partial charge in [-0.25, -0.2) is 4.39 Å². The van der Waals surface area contributed by atoms with E-state index in [1.807, 2.05) is 6.92 Å². The van der Waals surface area contributed by atoms with Crippen LogP contribution in [0.25, 0.3) is 0 Å². The van der Waals surface area contributed by atoms with Gasteiger partial charge < -0.3 is 4.74 Å². The maximum absolute atomic E-state index is 13.3. The third kappa shape index (κ3) is 3.70. The van der Waals surface area contributed by atoms with Crippen molar-refractivity contribution in [3.8, 4) is 5.75 Å². The summed E-state index contributed by atoms with van der Waals surface area (Å²) in [5.74, 6) is -1.60. The molecule has 90 valence electrons. The molecule has 0 aromatic heterocycles. The van der Waals surface area contributed by atoms with E-state index in [-0.39, 0.29) is 5.75 Å². The summed E-state index contributed by atoms with van der Waals surface area (Å²) < 4.78 is 32.1. The van der Waals surface area contributed by atoms with Crippen LogP contribution in [0, 0.1) is 17.6 Å². The summed E-state index contributed by atoms with van der Waals surface area (Å²) in [5, 5.41) is 0.779. The molecule has 0 radical (unpaired) electrons. The SMILES string of the molecule is CCC(CBr)COc1cc(Br)cc(F)c1F. The third-order valence-corrected chi connectivity index (χ3v) is 3.60. The highest BCUT2D eigenvalue weighted by Gasteiger charge is 2.13. The van der Waals surface area contributed by atoms with Gasteiger partial charge in [0, 0.05) is 15.7 Å². The third-order valence-electron chi connectivity index (χ3n) is 2.23. The zero-order valence-corrected chi connectivity index (χ0v) is 11.9. The molecule has 1 rings (SSSR count). The average molecular weight is 358 g/mol. The first kappa shape index (κ1) is 13.9. The molecule has 0 saturated carbocycles. The summed E-state index contributed by atoms with van der Waals surface area (Å²) in [6.45, 7) is 2.39. The van der Waals surface area contributed by atoms with Gasteiger partial charge in [0.2, 0.25) is 5.82 Å². The number of halogens is 4. The first-order valence-corrected chi connectivity index (χ1v) is 6.83. The minimum Gasteiger partial charge on any atom is -0.490 e. The van der Waals surface area contributed by atoms with Crippen LogP contribution in [0.2, 0.25) is 0 Å². The van der Waals surface area contributed by atoms with E-state index in [2.05, 4.69) is 31.9 Å². The fraction of sp³-hybridized carbons (Fsp3) is 0.455. The largest absolute Gasteiger partial charge is 0.490 e. The quantitative estimate of drug-likeness (QED) is 0.555. The van der Waals surface area contributed by atoms with Gasteiger partial charge in [0.05, 0.1) is 6.61 Å². The average Bonchev–Trinajstić information content (AvgIpc) is 2.26. The van der Waals surface area contributed by atoms with Crippen molar-refractivity contribution in [2.75, 3.05) is 11.9 Å². The van der Waals surface area contributed by atoms with Crippen molar-refractivity contribution in [1.29, 1.82) is 0 Å². The molecule has 1 nitrogen and oxygen atoms in total. The Bertz CT molecular complexity index is 354. The van der Waals surface area contributed by atoms with E-state index >= 15 is 0 Å². The lowest BCUT2D eigenvalue weighted by Gasteiger charge is -2.13. The Balaban J connectivity index is 2.73. The number of hydrogen-bond donors (Lipinski definition) is 0. The Kier molecular flexibility index (Phi) is 5.69. The first-order chi connectivity index (χ1) is 7.58. The molecule has 1 atom stereocenters. The van der Waals surface area contributed by atoms with Crippen LogP contribution in [-0.4, -0.2) is 11.9 Å². The van der Waals surface area contributed by atoms with Gasteiger partial charge >= 0.3 is 0 Å². The highest BCUT2D eigenvalue weighted by Crippen LogP contribution is 2.26. The number of benzene rings is 1. The molecule has 0 saturated heterocycles. The van der Waals surface area contributed by atoms with Crippen LogP contribution in [0.3, 0.4) is 0 Å². The molecule has 0 bridgehead atoms. The first-order valence-electron chi connectivity index (χ1n) is 4.91. The van der Waals surface area contributed by atoms with E-state index in [0.29, 0.717) is 17.0 Å². The van der Waals surface area contributed by atoms with Crippen molar-refractivity contribution < 1.29 is 13.5 Å². The number of ether oxygens (including phenoxy) is 1. The van der Waals surface area contributed by atoms with E-state index < -0.39 is 11.6 Å². The molecule has 0 aliphatic rings. The van der Waals surface area contributed by atoms with Gasteiger partial charge in [0.15, 0.2) is 11.6 Å². The predicted octanol–water partition coefficient (Wildman–Crippen LogP) is 4.53. The molecule has 0 fully saturated rings. The van der Waals surface area contributed by atoms with E-state index in [1.54, 1.807) is 0 Å². The molecule has 16 heavy (non-hydrogen) atoms. The number of alkyl halides is 1. The molecular weight excluding hydrogens is 346 g/mol. The Morgan fingerprint density at radius 1 is 1.38 bits per heavy atom. The molecule has 0 amide bonds. The smallest absolute Gasteiger partial charge is 0.200 e. The fourth-order valence-corrected chi connectivity index (χ4v) is 2.17. The van der Waals surface area contributed by atoms with Crippen molar-refractivity contribution in [1.82, 2.24) is 0 Å². The summed E-state index contributed by atoms with van der Waals surface area (Å²) in [4.78, 5) is 0. The molecule has 0 aliphatic heterocycles. The van der Waals surface area contributed by atoms with Crippen molar-refractivity contribution in [3.63, 3.8) is 0 Å². The van der Waals surface area contributed by atoms with Crippen LogP contribution in [0.15, 0.2) is 16.6 Å². The Labute approximate surface area is 110 Å². The van der Waals surface area contributed by atoms with Crippen molar-refractivity contribution >= 4 is 31.9 Å². The minimum atomic E-state index is -0.937. The molecule has 1 unspecified atom stereocenters. The van der Waals surface area contributed by atoms with E-state index in [9.17, 15) is 8.78 Å². The van der Waals surface area contributed by atoms with E-state index in [0.717, 1.165) is 17.8 Å². The second kappa shape index (κ2) is 6.55. The fourth-order valence-electron chi connectivity index (χ4n) is 1.12. The number of rotatable bonds is 5. The van der Waals surface area contributed by atoms with Crippen LogP contribution in [0.4, 0.5) is 8.78 Å². The van der Waals surface area contributed by atoms with Gasteiger partial charge in [0.25, 0.3) is 0 Å². The molecule has 0 spiro atoms. The van der Waals surface area contributed by atoms with Gasteiger partial charge in [-0.1, -0.05) is 38.8 Å². The zero-order valence-electron chi connectivity index (χ0n) is 8.77. The standard InChI is InChI=1S/C11H12Br2F2O/c1-2-7(5-12)6-16-10-4-8(13)3-9(14)11(10)15/h3-4,7H,2,5-6H2,1H3. The summed E-state index contributed by atoms with van der Waals surface area (Å²) in [7, 11) is 0. The summed E-state index contributed by atoms with van der Waals surface area (Å²) in [5.41, 5.74) is 0. The molecule has 0 N–H and O–H groups in total. The second-order valence-corrected chi connectivity index (χ2v) is 5.00. The predicted molar refractivity (Wildman–Crippen MR) is 67.1 cm³/mol. The highest BCUT2D eigenvalue weighted by molar-refractivity contribution is 9.10. The summed E-state index contributed by atoms with van der Waals surface area (Å²) in [6.07, 6.45) is 0.920. The van der Waals surface area contributed by atoms with Crippen LogP contribution < -0.4 is 4.74 Å². The van der Waals surface area contributed by atoms with Crippen LogP contribution in [-0.2, 0) is 0 Å². The lowest BCUT2D eigenvalue weighted by molar-refractivity contribution is 0.246. The molecule has 1 aromatic rings. The van der Waals surface area contributed by atoms with Crippen molar-refractivity contribution in [2.45, 2.75) is 13.3 Å². The lowest BCUT2D eigenvalue weighted by atomic mass is 10.1. The maximum Gasteiger partial charge on any atom is 0.200 e. The van der Waals surface area contributed by atoms with E-state index in [1.165, 1.54) is 6.07 Å². The molecule has 0 heterocycles. The monoisotopic (exact) mass is 356 g/mol. The van der Waals surface area contributed by atoms with Gasteiger partial charge in [-0.15, -0.1) is 0 Å². The Morgan fingerprint density at radius 3 is 2.62 bits per heavy atom. The Hall–Kier alpha value is -0.160. The summed E-state index contributed by atoms with van der Waals surface area (Å²) in [6, 6.07) is 2.50. The zero-order chi connectivity index (χ0) is 12.1. The van der Waals surface area contributed by atoms with Gasteiger partial charge in [-0.3, -0.25) is 0 Å². The number of hydrogen-bond acceptors (Lipinski definition) is 1. The van der Waals surface area contributed by atoms with Gasteiger partial charge in [-0.2, -0.15) is 4.39 Å². The second-order valence-electron chi connectivity index (χ2n) is 3.44. The molecule has 5 heteroatoms. The van der Waals surface area contributed by atoms with Crippen molar-refractivity contribution in [2.24, 2.45) is 5.92 Å². The molecule has 1 aromatic carbocycles. The molecular formula is C11H12Br2F2O. The topological polar surface area (TPSA) is 9.23 Å². The van der Waals surface area contributed by atoms with Crippen molar-refractivity contribution in [3.05, 3.63) is 28.2 Å².